The predicted molar refractivity (Wildman–Crippen MR) is 136 cm³/mol. The third-order valence-electron chi connectivity index (χ3n) is 6.87. The number of aromatic nitrogens is 3. The van der Waals surface area contributed by atoms with Crippen molar-refractivity contribution < 1.29 is 0 Å². The number of hydrogen-bond donors (Lipinski definition) is 1. The van der Waals surface area contributed by atoms with Crippen LogP contribution in [0.3, 0.4) is 0 Å². The Morgan fingerprint density at radius 1 is 0.794 bits per heavy atom. The quantitative estimate of drug-likeness (QED) is 0.432. The molecule has 2 aromatic heterocycles. The smallest absolute Gasteiger partial charge is 0.331 e. The van der Waals surface area contributed by atoms with Crippen LogP contribution in [0.5, 0.6) is 0 Å². The van der Waals surface area contributed by atoms with E-state index >= 15 is 0 Å². The lowest BCUT2D eigenvalue weighted by atomic mass is 9.96. The van der Waals surface area contributed by atoms with Crippen LogP contribution in [-0.4, -0.2) is 13.7 Å². The lowest BCUT2D eigenvalue weighted by Gasteiger charge is -2.32. The molecule has 0 radical (unpaired) electrons. The van der Waals surface area contributed by atoms with Crippen LogP contribution in [0.1, 0.15) is 22.9 Å². The summed E-state index contributed by atoms with van der Waals surface area (Å²) in [4.78, 5) is 26.7. The number of aryl methyl sites for hydroxylation is 2. The van der Waals surface area contributed by atoms with Crippen LogP contribution < -0.4 is 16.6 Å². The van der Waals surface area contributed by atoms with Gasteiger partial charge in [0.15, 0.2) is 0 Å². The minimum Gasteiger partial charge on any atom is -0.371 e. The van der Waals surface area contributed by atoms with Crippen LogP contribution in [0.4, 0.5) is 5.69 Å². The van der Waals surface area contributed by atoms with E-state index in [2.05, 4.69) is 35.0 Å². The molecule has 0 amide bonds. The summed E-state index contributed by atoms with van der Waals surface area (Å²) < 4.78 is 4.97. The molecule has 6 rings (SSSR count). The zero-order valence-corrected chi connectivity index (χ0v) is 19.2. The number of nitrogens with zero attached hydrogens (tertiary/aromatic N) is 3. The molecule has 0 saturated heterocycles. The normalized spacial score (nSPS) is 14.5. The van der Waals surface area contributed by atoms with Gasteiger partial charge in [0, 0.05) is 14.1 Å². The summed E-state index contributed by atoms with van der Waals surface area (Å²) >= 11 is 0. The second kappa shape index (κ2) is 7.35. The van der Waals surface area contributed by atoms with E-state index in [-0.39, 0.29) is 17.3 Å². The summed E-state index contributed by atoms with van der Waals surface area (Å²) in [5.74, 6) is 0. The molecule has 0 aliphatic carbocycles. The van der Waals surface area contributed by atoms with Gasteiger partial charge in [-0.15, -0.1) is 0 Å². The molecule has 0 fully saturated rings. The zero-order valence-electron chi connectivity index (χ0n) is 19.2. The average Bonchev–Trinajstić information content (AvgIpc) is 3.23. The van der Waals surface area contributed by atoms with Gasteiger partial charge in [0.05, 0.1) is 39.7 Å². The first-order valence-electron chi connectivity index (χ1n) is 11.3. The van der Waals surface area contributed by atoms with Gasteiger partial charge in [-0.05, 0) is 35.7 Å². The average molecular weight is 449 g/mol. The summed E-state index contributed by atoms with van der Waals surface area (Å²) in [7, 11) is 3.29. The zero-order chi connectivity index (χ0) is 23.6. The maximum atomic E-state index is 13.7. The molecule has 6 nitrogen and oxygen atoms in total. The molecule has 0 saturated carbocycles. The van der Waals surface area contributed by atoms with Crippen molar-refractivity contribution in [3.8, 4) is 16.9 Å². The Balaban J connectivity index is 1.89. The van der Waals surface area contributed by atoms with Crippen molar-refractivity contribution >= 4 is 16.6 Å². The number of para-hydroxylation sites is 2. The van der Waals surface area contributed by atoms with Gasteiger partial charge in [-0.25, -0.2) is 4.79 Å². The van der Waals surface area contributed by atoms with Crippen molar-refractivity contribution in [1.82, 2.24) is 13.7 Å². The van der Waals surface area contributed by atoms with E-state index in [0.717, 1.165) is 39.5 Å². The number of rotatable bonds is 2. The Bertz CT molecular complexity index is 1710. The van der Waals surface area contributed by atoms with Gasteiger partial charge in [-0.1, -0.05) is 66.7 Å². The molecule has 0 unspecified atom stereocenters. The topological polar surface area (TPSA) is 61.0 Å². The van der Waals surface area contributed by atoms with Gasteiger partial charge >= 0.3 is 5.69 Å². The van der Waals surface area contributed by atoms with Gasteiger partial charge in [0.25, 0.3) is 5.56 Å². The second-order valence-electron chi connectivity index (χ2n) is 8.82. The van der Waals surface area contributed by atoms with E-state index in [1.165, 1.54) is 4.57 Å². The summed E-state index contributed by atoms with van der Waals surface area (Å²) in [5.41, 5.74) is 6.80. The maximum absolute atomic E-state index is 13.7. The standard InChI is InChI=1S/C28H24N4O2/c1-17-11-7-8-14-19(17)23-26-25-22(27(33)31(3)28(34)30(25)2)24(18-12-5-4-6-13-18)32(26)21-16-10-9-15-20(21)29-23/h4-16,23,29H,1-3H3/t23-/m1/s1. The molecule has 1 N–H and O–H groups in total. The fourth-order valence-electron chi connectivity index (χ4n) is 5.23. The highest BCUT2D eigenvalue weighted by Gasteiger charge is 2.35. The van der Waals surface area contributed by atoms with Crippen LogP contribution in [-0.2, 0) is 14.1 Å². The van der Waals surface area contributed by atoms with E-state index in [0.29, 0.717) is 10.9 Å². The Morgan fingerprint density at radius 2 is 1.47 bits per heavy atom. The monoisotopic (exact) mass is 448 g/mol. The van der Waals surface area contributed by atoms with E-state index in [9.17, 15) is 9.59 Å². The SMILES string of the molecule is Cc1ccccc1[C@H]1Nc2ccccc2-n2c(-c3ccccc3)c3c(=O)n(C)c(=O)n(C)c3c21. The Hall–Kier alpha value is -4.32. The molecule has 1 atom stereocenters. The largest absolute Gasteiger partial charge is 0.371 e. The summed E-state index contributed by atoms with van der Waals surface area (Å²) in [6.45, 7) is 2.09. The predicted octanol–water partition coefficient (Wildman–Crippen LogP) is 4.52. The van der Waals surface area contributed by atoms with Crippen LogP contribution in [0, 0.1) is 6.92 Å². The molecular weight excluding hydrogens is 424 g/mol. The molecule has 34 heavy (non-hydrogen) atoms. The highest BCUT2D eigenvalue weighted by Crippen LogP contribution is 2.45. The molecule has 0 spiro atoms. The highest BCUT2D eigenvalue weighted by molar-refractivity contribution is 5.99. The highest BCUT2D eigenvalue weighted by atomic mass is 16.2. The fraction of sp³-hybridized carbons (Fsp3) is 0.143. The Kier molecular flexibility index (Phi) is 4.39. The van der Waals surface area contributed by atoms with Crippen LogP contribution in [0.2, 0.25) is 0 Å². The lowest BCUT2D eigenvalue weighted by molar-refractivity contribution is 0.708. The van der Waals surface area contributed by atoms with Crippen molar-refractivity contribution in [2.75, 3.05) is 5.32 Å². The van der Waals surface area contributed by atoms with Gasteiger partial charge in [0.2, 0.25) is 0 Å². The van der Waals surface area contributed by atoms with Gasteiger partial charge < -0.3 is 9.88 Å². The first-order chi connectivity index (χ1) is 16.5. The fourth-order valence-corrected chi connectivity index (χ4v) is 5.23. The first-order valence-corrected chi connectivity index (χ1v) is 11.3. The minimum atomic E-state index is -0.340. The minimum absolute atomic E-state index is 0.242. The van der Waals surface area contributed by atoms with Crippen molar-refractivity contribution in [3.05, 3.63) is 117 Å². The molecule has 1 aliphatic heterocycles. The third-order valence-corrected chi connectivity index (χ3v) is 6.87. The third kappa shape index (κ3) is 2.68. The number of fused-ring (bicyclic) bond motifs is 5. The van der Waals surface area contributed by atoms with Crippen LogP contribution in [0.15, 0.2) is 88.5 Å². The molecular formula is C28H24N4O2. The number of anilines is 1. The van der Waals surface area contributed by atoms with E-state index in [1.54, 1.807) is 18.7 Å². The molecule has 5 aromatic rings. The van der Waals surface area contributed by atoms with Crippen molar-refractivity contribution in [2.24, 2.45) is 14.1 Å². The summed E-state index contributed by atoms with van der Waals surface area (Å²) in [6, 6.07) is 26.0. The molecule has 168 valence electrons. The van der Waals surface area contributed by atoms with E-state index < -0.39 is 0 Å². The molecule has 6 heteroatoms. The number of hydrogen-bond acceptors (Lipinski definition) is 3. The summed E-state index contributed by atoms with van der Waals surface area (Å²) in [6.07, 6.45) is 0. The lowest BCUT2D eigenvalue weighted by Crippen LogP contribution is -2.37. The van der Waals surface area contributed by atoms with Crippen LogP contribution >= 0.6 is 0 Å². The van der Waals surface area contributed by atoms with Gasteiger partial charge in [-0.3, -0.25) is 13.9 Å². The first kappa shape index (κ1) is 20.3. The molecule has 1 aliphatic rings. The Labute approximate surface area is 196 Å². The van der Waals surface area contributed by atoms with E-state index in [4.69, 9.17) is 0 Å². The van der Waals surface area contributed by atoms with Crippen molar-refractivity contribution in [3.63, 3.8) is 0 Å². The number of nitrogens with one attached hydrogen (secondary N) is 1. The van der Waals surface area contributed by atoms with Crippen molar-refractivity contribution in [1.29, 1.82) is 0 Å². The summed E-state index contributed by atoms with van der Waals surface area (Å²) in [5, 5.41) is 4.25. The number of benzene rings is 3. The van der Waals surface area contributed by atoms with E-state index in [1.807, 2.05) is 60.7 Å². The van der Waals surface area contributed by atoms with Crippen LogP contribution in [0.25, 0.3) is 27.8 Å². The van der Waals surface area contributed by atoms with Gasteiger partial charge in [-0.2, -0.15) is 0 Å². The Morgan fingerprint density at radius 3 is 2.24 bits per heavy atom. The molecule has 3 heterocycles. The second-order valence-corrected chi connectivity index (χ2v) is 8.82. The van der Waals surface area contributed by atoms with Gasteiger partial charge in [0.1, 0.15) is 0 Å². The van der Waals surface area contributed by atoms with Crippen molar-refractivity contribution in [2.45, 2.75) is 13.0 Å². The molecule has 3 aromatic carbocycles. The maximum Gasteiger partial charge on any atom is 0.331 e. The molecule has 0 bridgehead atoms.